The van der Waals surface area contributed by atoms with Crippen molar-refractivity contribution in [1.82, 2.24) is 15.5 Å². The molecule has 30 heavy (non-hydrogen) atoms. The van der Waals surface area contributed by atoms with Gasteiger partial charge in [0.2, 0.25) is 5.91 Å². The maximum absolute atomic E-state index is 12.3. The molecule has 1 amide bonds. The molecule has 2 N–H and O–H groups in total. The minimum absolute atomic E-state index is 0. The van der Waals surface area contributed by atoms with Crippen LogP contribution in [0.2, 0.25) is 0 Å². The predicted molar refractivity (Wildman–Crippen MR) is 128 cm³/mol. The molecule has 3 rings (SSSR count). The van der Waals surface area contributed by atoms with Crippen molar-refractivity contribution < 1.29 is 9.53 Å². The van der Waals surface area contributed by atoms with Gasteiger partial charge in [-0.2, -0.15) is 0 Å². The van der Waals surface area contributed by atoms with Crippen LogP contribution >= 0.6 is 24.8 Å². The Morgan fingerprint density at radius 3 is 2.50 bits per heavy atom. The zero-order chi connectivity index (χ0) is 19.8. The summed E-state index contributed by atoms with van der Waals surface area (Å²) in [6, 6.07) is 8.35. The Morgan fingerprint density at radius 1 is 1.20 bits per heavy atom. The Morgan fingerprint density at radius 2 is 1.90 bits per heavy atom. The number of piperidine rings is 2. The van der Waals surface area contributed by atoms with Crippen LogP contribution in [-0.2, 0) is 11.3 Å². The number of benzene rings is 1. The van der Waals surface area contributed by atoms with Gasteiger partial charge in [-0.3, -0.25) is 9.69 Å². The first-order valence-electron chi connectivity index (χ1n) is 11.0. The van der Waals surface area contributed by atoms with E-state index in [1.165, 1.54) is 31.2 Å². The number of amides is 1. The highest BCUT2D eigenvalue weighted by atomic mass is 35.5. The number of ether oxygens (including phenoxy) is 1. The van der Waals surface area contributed by atoms with Crippen LogP contribution in [-0.4, -0.2) is 50.6 Å². The minimum atomic E-state index is 0. The predicted octanol–water partition coefficient (Wildman–Crippen LogP) is 3.89. The van der Waals surface area contributed by atoms with Gasteiger partial charge in [-0.05, 0) is 87.3 Å². The summed E-state index contributed by atoms with van der Waals surface area (Å²) in [6.45, 7) is 8.48. The Bertz CT molecular complexity index is 601. The Kier molecular flexibility index (Phi) is 12.7. The van der Waals surface area contributed by atoms with E-state index in [0.717, 1.165) is 45.0 Å². The molecule has 0 radical (unpaired) electrons. The summed E-state index contributed by atoms with van der Waals surface area (Å²) in [7, 11) is 1.70. The number of hydrogen-bond acceptors (Lipinski definition) is 4. The van der Waals surface area contributed by atoms with E-state index in [1.54, 1.807) is 7.11 Å². The summed E-state index contributed by atoms with van der Waals surface area (Å²) in [5.74, 6) is 2.88. The fourth-order valence-corrected chi connectivity index (χ4v) is 4.49. The molecular formula is C23H39Cl2N3O2. The van der Waals surface area contributed by atoms with Gasteiger partial charge in [0.1, 0.15) is 5.75 Å². The molecule has 2 aliphatic heterocycles. The van der Waals surface area contributed by atoms with E-state index in [1.807, 2.05) is 12.1 Å². The standard InChI is InChI=1S/C23H37N3O2.2ClH/c1-18(21-4-3-11-24-16-21)14-23(27)25-15-19-9-12-26(13-10-19)17-20-5-7-22(28-2)8-6-20;;/h5-8,18-19,21,24H,3-4,9-17H2,1-2H3,(H,25,27);2*1H. The summed E-state index contributed by atoms with van der Waals surface area (Å²) in [5, 5.41) is 6.67. The van der Waals surface area contributed by atoms with Gasteiger partial charge in [0.05, 0.1) is 7.11 Å². The lowest BCUT2D eigenvalue weighted by molar-refractivity contribution is -0.122. The first-order chi connectivity index (χ1) is 13.6. The van der Waals surface area contributed by atoms with Crippen molar-refractivity contribution >= 4 is 30.7 Å². The molecule has 2 saturated heterocycles. The van der Waals surface area contributed by atoms with Gasteiger partial charge in [0.25, 0.3) is 0 Å². The van der Waals surface area contributed by atoms with E-state index in [4.69, 9.17) is 4.74 Å². The quantitative estimate of drug-likeness (QED) is 0.618. The summed E-state index contributed by atoms with van der Waals surface area (Å²) in [4.78, 5) is 14.9. The maximum atomic E-state index is 12.3. The lowest BCUT2D eigenvalue weighted by Gasteiger charge is -2.32. The number of rotatable bonds is 8. The van der Waals surface area contributed by atoms with Crippen molar-refractivity contribution in [2.45, 2.75) is 45.6 Å². The summed E-state index contributed by atoms with van der Waals surface area (Å²) >= 11 is 0. The Labute approximate surface area is 194 Å². The minimum Gasteiger partial charge on any atom is -0.497 e. The highest BCUT2D eigenvalue weighted by molar-refractivity contribution is 5.85. The maximum Gasteiger partial charge on any atom is 0.220 e. The number of hydrogen-bond donors (Lipinski definition) is 2. The molecule has 1 aromatic rings. The van der Waals surface area contributed by atoms with Crippen LogP contribution in [0.15, 0.2) is 24.3 Å². The van der Waals surface area contributed by atoms with Gasteiger partial charge in [-0.1, -0.05) is 19.1 Å². The molecule has 0 spiro atoms. The molecule has 2 unspecified atom stereocenters. The zero-order valence-corrected chi connectivity index (χ0v) is 20.0. The lowest BCUT2D eigenvalue weighted by atomic mass is 9.85. The highest BCUT2D eigenvalue weighted by Gasteiger charge is 2.23. The fraction of sp³-hybridized carbons (Fsp3) is 0.696. The number of carbonyl (C=O) groups excluding carboxylic acids is 1. The van der Waals surface area contributed by atoms with Crippen LogP contribution in [0, 0.1) is 17.8 Å². The Balaban J connectivity index is 0.00000225. The third-order valence-electron chi connectivity index (χ3n) is 6.51. The van der Waals surface area contributed by atoms with Crippen molar-refractivity contribution in [3.8, 4) is 5.75 Å². The first kappa shape index (κ1) is 27.0. The third-order valence-corrected chi connectivity index (χ3v) is 6.51. The third kappa shape index (κ3) is 8.62. The van der Waals surface area contributed by atoms with Crippen LogP contribution in [0.5, 0.6) is 5.75 Å². The topological polar surface area (TPSA) is 53.6 Å². The van der Waals surface area contributed by atoms with Crippen LogP contribution in [0.1, 0.15) is 44.6 Å². The van der Waals surface area contributed by atoms with Gasteiger partial charge in [-0.15, -0.1) is 24.8 Å². The molecule has 2 atom stereocenters. The molecule has 1 aromatic carbocycles. The van der Waals surface area contributed by atoms with Crippen LogP contribution in [0.3, 0.4) is 0 Å². The molecule has 0 bridgehead atoms. The molecule has 0 aliphatic carbocycles. The molecule has 5 nitrogen and oxygen atoms in total. The van der Waals surface area contributed by atoms with Crippen LogP contribution in [0.4, 0.5) is 0 Å². The number of halogens is 2. The largest absolute Gasteiger partial charge is 0.497 e. The van der Waals surface area contributed by atoms with E-state index in [0.29, 0.717) is 24.2 Å². The summed E-state index contributed by atoms with van der Waals surface area (Å²) < 4.78 is 5.23. The normalized spacial score (nSPS) is 21.1. The molecule has 2 heterocycles. The number of methoxy groups -OCH3 is 1. The van der Waals surface area contributed by atoms with Crippen molar-refractivity contribution in [3.63, 3.8) is 0 Å². The number of likely N-dealkylation sites (tertiary alicyclic amines) is 1. The van der Waals surface area contributed by atoms with Crippen molar-refractivity contribution in [1.29, 1.82) is 0 Å². The van der Waals surface area contributed by atoms with Crippen molar-refractivity contribution in [2.24, 2.45) is 17.8 Å². The average Bonchev–Trinajstić information content (AvgIpc) is 2.74. The van der Waals surface area contributed by atoms with Crippen molar-refractivity contribution in [2.75, 3.05) is 39.8 Å². The van der Waals surface area contributed by atoms with E-state index in [-0.39, 0.29) is 30.7 Å². The summed E-state index contributed by atoms with van der Waals surface area (Å²) in [5.41, 5.74) is 1.33. The smallest absolute Gasteiger partial charge is 0.220 e. The molecule has 0 saturated carbocycles. The highest BCUT2D eigenvalue weighted by Crippen LogP contribution is 2.23. The zero-order valence-electron chi connectivity index (χ0n) is 18.4. The first-order valence-corrected chi connectivity index (χ1v) is 11.0. The molecule has 2 fully saturated rings. The van der Waals surface area contributed by atoms with Gasteiger partial charge in [-0.25, -0.2) is 0 Å². The fourth-order valence-electron chi connectivity index (χ4n) is 4.49. The molecule has 0 aromatic heterocycles. The number of nitrogens with zero attached hydrogens (tertiary/aromatic N) is 1. The van der Waals surface area contributed by atoms with E-state index in [2.05, 4.69) is 34.6 Å². The second-order valence-electron chi connectivity index (χ2n) is 8.66. The number of carbonyl (C=O) groups is 1. The van der Waals surface area contributed by atoms with Crippen molar-refractivity contribution in [3.05, 3.63) is 29.8 Å². The van der Waals surface area contributed by atoms with Crippen LogP contribution in [0.25, 0.3) is 0 Å². The summed E-state index contributed by atoms with van der Waals surface area (Å²) in [6.07, 6.45) is 5.50. The molecule has 7 heteroatoms. The number of nitrogens with one attached hydrogen (secondary N) is 2. The second kappa shape index (κ2) is 14.1. The molecule has 2 aliphatic rings. The van der Waals surface area contributed by atoms with Gasteiger partial charge < -0.3 is 15.4 Å². The SMILES string of the molecule is COc1ccc(CN2CCC(CNC(=O)CC(C)C3CCCNC3)CC2)cc1.Cl.Cl. The molecular weight excluding hydrogens is 421 g/mol. The van der Waals surface area contributed by atoms with E-state index >= 15 is 0 Å². The lowest BCUT2D eigenvalue weighted by Crippen LogP contribution is -2.39. The monoisotopic (exact) mass is 459 g/mol. The average molecular weight is 460 g/mol. The van der Waals surface area contributed by atoms with Gasteiger partial charge in [0, 0.05) is 19.5 Å². The second-order valence-corrected chi connectivity index (χ2v) is 8.66. The van der Waals surface area contributed by atoms with Crippen LogP contribution < -0.4 is 15.4 Å². The Hall–Kier alpha value is -1.01. The molecule has 172 valence electrons. The van der Waals surface area contributed by atoms with Gasteiger partial charge in [0.15, 0.2) is 0 Å². The van der Waals surface area contributed by atoms with E-state index in [9.17, 15) is 4.79 Å². The van der Waals surface area contributed by atoms with E-state index < -0.39 is 0 Å². The van der Waals surface area contributed by atoms with Gasteiger partial charge >= 0.3 is 0 Å².